The summed E-state index contributed by atoms with van der Waals surface area (Å²) >= 11 is 4.21. The Bertz CT molecular complexity index is 1040. The van der Waals surface area contributed by atoms with E-state index in [0.717, 1.165) is 29.9 Å². The van der Waals surface area contributed by atoms with Gasteiger partial charge in [0.25, 0.3) is 0 Å². The van der Waals surface area contributed by atoms with Gasteiger partial charge in [0, 0.05) is 18.4 Å². The molecule has 6 unspecified atom stereocenters. The van der Waals surface area contributed by atoms with E-state index in [4.69, 9.17) is 9.47 Å². The molecule has 8 heteroatoms. The Kier molecular flexibility index (Phi) is 4.93. The number of halogens is 2. The quantitative estimate of drug-likeness (QED) is 0.403. The number of hydrogen-bond donors (Lipinski definition) is 2. The zero-order valence-corrected chi connectivity index (χ0v) is 19.5. The Morgan fingerprint density at radius 2 is 2.03 bits per heavy atom. The van der Waals surface area contributed by atoms with Crippen LogP contribution in [0.25, 0.3) is 10.8 Å². The van der Waals surface area contributed by atoms with Crippen LogP contribution in [0.5, 0.6) is 5.75 Å². The summed E-state index contributed by atoms with van der Waals surface area (Å²) in [5.74, 6) is -1.58. The molecule has 2 aromatic carbocycles. The summed E-state index contributed by atoms with van der Waals surface area (Å²) in [5, 5.41) is 21.7. The van der Waals surface area contributed by atoms with Gasteiger partial charge in [0.1, 0.15) is 18.5 Å². The van der Waals surface area contributed by atoms with Crippen LogP contribution in [0.3, 0.4) is 0 Å². The maximum atomic E-state index is 12.9. The van der Waals surface area contributed by atoms with Crippen molar-refractivity contribution >= 4 is 67.9 Å². The number of benzene rings is 2. The van der Waals surface area contributed by atoms with Gasteiger partial charge < -0.3 is 19.7 Å². The Balaban J connectivity index is 1.35. The lowest BCUT2D eigenvalue weighted by Crippen LogP contribution is -2.39. The van der Waals surface area contributed by atoms with E-state index < -0.39 is 11.8 Å². The Hall–Kier alpha value is -1.14. The molecule has 6 atom stereocenters. The standard InChI is InChI=1S/C21H18I2O6/c22-14-4-9-3-8(1-2-10(9)17(23)18(14)25)7-28-20(26)15-11-5-12-16(15)21(27)29-19(12)13(11)6-24/h1-4,11-13,15-16,19,24-25H,5-7H2. The zero-order valence-electron chi connectivity index (χ0n) is 15.2. The molecule has 5 rings (SSSR count). The number of aliphatic hydroxyl groups excluding tert-OH is 1. The van der Waals surface area contributed by atoms with Crippen LogP contribution in [-0.2, 0) is 25.7 Å². The minimum atomic E-state index is -0.525. The number of fused-ring (bicyclic) bond motifs is 2. The number of esters is 2. The normalized spacial score (nSPS) is 32.0. The van der Waals surface area contributed by atoms with E-state index in [2.05, 4.69) is 45.2 Å². The smallest absolute Gasteiger partial charge is 0.310 e. The van der Waals surface area contributed by atoms with Crippen LogP contribution in [0.15, 0.2) is 24.3 Å². The average Bonchev–Trinajstić information content (AvgIpc) is 3.32. The first-order valence-corrected chi connectivity index (χ1v) is 11.6. The molecule has 2 saturated carbocycles. The maximum absolute atomic E-state index is 12.9. The van der Waals surface area contributed by atoms with E-state index in [9.17, 15) is 19.8 Å². The van der Waals surface area contributed by atoms with E-state index in [1.807, 2.05) is 24.3 Å². The van der Waals surface area contributed by atoms with E-state index in [1.165, 1.54) is 0 Å². The molecule has 152 valence electrons. The molecule has 6 nitrogen and oxygen atoms in total. The van der Waals surface area contributed by atoms with E-state index >= 15 is 0 Å². The monoisotopic (exact) mass is 620 g/mol. The summed E-state index contributed by atoms with van der Waals surface area (Å²) in [7, 11) is 0. The fourth-order valence-corrected chi connectivity index (χ4v) is 7.36. The predicted molar refractivity (Wildman–Crippen MR) is 120 cm³/mol. The fourth-order valence-electron chi connectivity index (χ4n) is 5.46. The van der Waals surface area contributed by atoms with Crippen LogP contribution in [0.4, 0.5) is 0 Å². The summed E-state index contributed by atoms with van der Waals surface area (Å²) in [6.07, 6.45) is 0.496. The average molecular weight is 620 g/mol. The number of hydrogen-bond acceptors (Lipinski definition) is 6. The lowest BCUT2D eigenvalue weighted by atomic mass is 9.74. The molecule has 0 aromatic heterocycles. The van der Waals surface area contributed by atoms with Crippen molar-refractivity contribution in [3.63, 3.8) is 0 Å². The first kappa shape index (κ1) is 19.8. The molecule has 0 spiro atoms. The molecule has 0 radical (unpaired) electrons. The van der Waals surface area contributed by atoms with Crippen LogP contribution in [0, 0.1) is 36.7 Å². The highest BCUT2D eigenvalue weighted by Gasteiger charge is 2.68. The van der Waals surface area contributed by atoms with Crippen molar-refractivity contribution in [2.75, 3.05) is 6.61 Å². The Morgan fingerprint density at radius 1 is 1.24 bits per heavy atom. The summed E-state index contributed by atoms with van der Waals surface area (Å²) in [6.45, 7) is 0.0378. The molecule has 0 amide bonds. The molecule has 1 aliphatic heterocycles. The highest BCUT2D eigenvalue weighted by Crippen LogP contribution is 2.60. The summed E-state index contributed by atoms with van der Waals surface area (Å²) < 4.78 is 12.6. The van der Waals surface area contributed by atoms with Crippen LogP contribution in [0.1, 0.15) is 12.0 Å². The van der Waals surface area contributed by atoms with Crippen LogP contribution >= 0.6 is 45.2 Å². The van der Waals surface area contributed by atoms with Gasteiger partial charge in [-0.25, -0.2) is 0 Å². The SMILES string of the molecule is O=C(OCc1ccc2c(I)c(O)c(I)cc2c1)C1C2CC3C(OC(=O)C31)C2CO. The van der Waals surface area contributed by atoms with E-state index in [1.54, 1.807) is 0 Å². The Labute approximate surface area is 194 Å². The highest BCUT2D eigenvalue weighted by atomic mass is 127. The maximum Gasteiger partial charge on any atom is 0.310 e. The molecule has 2 N–H and O–H groups in total. The fraction of sp³-hybridized carbons (Fsp3) is 0.429. The van der Waals surface area contributed by atoms with Crippen LogP contribution in [-0.4, -0.2) is 34.9 Å². The van der Waals surface area contributed by atoms with Crippen molar-refractivity contribution in [3.8, 4) is 5.75 Å². The molecule has 2 aliphatic carbocycles. The van der Waals surface area contributed by atoms with Gasteiger partial charge in [0.05, 0.1) is 19.0 Å². The van der Waals surface area contributed by atoms with Gasteiger partial charge in [-0.15, -0.1) is 0 Å². The number of phenols is 1. The summed E-state index contributed by atoms with van der Waals surface area (Å²) in [5.41, 5.74) is 0.844. The van der Waals surface area contributed by atoms with Crippen molar-refractivity contribution in [2.24, 2.45) is 29.6 Å². The zero-order chi connectivity index (χ0) is 20.4. The second kappa shape index (κ2) is 7.23. The molecular formula is C21H18I2O6. The van der Waals surface area contributed by atoms with Crippen LogP contribution < -0.4 is 0 Å². The van der Waals surface area contributed by atoms with Crippen molar-refractivity contribution in [3.05, 3.63) is 37.0 Å². The summed E-state index contributed by atoms with van der Waals surface area (Å²) in [4.78, 5) is 25.1. The number of carbonyl (C=O) groups is 2. The molecular weight excluding hydrogens is 602 g/mol. The van der Waals surface area contributed by atoms with Crippen LogP contribution in [0.2, 0.25) is 0 Å². The third kappa shape index (κ3) is 2.96. The number of ether oxygens (including phenoxy) is 2. The molecule has 2 bridgehead atoms. The van der Waals surface area contributed by atoms with Crippen molar-refractivity contribution in [1.29, 1.82) is 0 Å². The van der Waals surface area contributed by atoms with Gasteiger partial charge in [-0.3, -0.25) is 9.59 Å². The number of aromatic hydroxyl groups is 1. The van der Waals surface area contributed by atoms with Gasteiger partial charge in [-0.2, -0.15) is 0 Å². The number of rotatable bonds is 4. The number of phenolic OH excluding ortho intramolecular Hbond substituents is 1. The lowest BCUT2D eigenvalue weighted by molar-refractivity contribution is -0.157. The molecule has 2 aromatic rings. The number of carbonyl (C=O) groups excluding carboxylic acids is 2. The molecule has 3 aliphatic rings. The second-order valence-corrected chi connectivity index (χ2v) is 10.3. The minimum Gasteiger partial charge on any atom is -0.506 e. The molecule has 3 fully saturated rings. The molecule has 29 heavy (non-hydrogen) atoms. The van der Waals surface area contributed by atoms with Gasteiger partial charge in [-0.05, 0) is 86.0 Å². The second-order valence-electron chi connectivity index (χ2n) is 8.05. The third-order valence-electron chi connectivity index (χ3n) is 6.70. The van der Waals surface area contributed by atoms with E-state index in [0.29, 0.717) is 0 Å². The highest BCUT2D eigenvalue weighted by molar-refractivity contribution is 14.1. The van der Waals surface area contributed by atoms with Gasteiger partial charge in [-0.1, -0.05) is 12.1 Å². The third-order valence-corrected chi connectivity index (χ3v) is 8.62. The molecule has 1 heterocycles. The summed E-state index contributed by atoms with van der Waals surface area (Å²) in [6, 6.07) is 7.63. The Morgan fingerprint density at radius 3 is 2.79 bits per heavy atom. The van der Waals surface area contributed by atoms with Gasteiger partial charge in [0.2, 0.25) is 0 Å². The number of aliphatic hydroxyl groups is 1. The van der Waals surface area contributed by atoms with Crippen molar-refractivity contribution < 1.29 is 29.3 Å². The van der Waals surface area contributed by atoms with Gasteiger partial charge in [0.15, 0.2) is 0 Å². The first-order chi connectivity index (χ1) is 13.9. The minimum absolute atomic E-state index is 0.0275. The van der Waals surface area contributed by atoms with Gasteiger partial charge >= 0.3 is 11.9 Å². The lowest BCUT2D eigenvalue weighted by Gasteiger charge is -2.29. The van der Waals surface area contributed by atoms with Crippen molar-refractivity contribution in [1.82, 2.24) is 0 Å². The first-order valence-electron chi connectivity index (χ1n) is 9.48. The topological polar surface area (TPSA) is 93.1 Å². The van der Waals surface area contributed by atoms with E-state index in [-0.39, 0.29) is 54.8 Å². The predicted octanol–water partition coefficient (Wildman–Crippen LogP) is 3.21. The van der Waals surface area contributed by atoms with Crippen molar-refractivity contribution in [2.45, 2.75) is 19.1 Å². The largest absolute Gasteiger partial charge is 0.506 e. The molecule has 1 saturated heterocycles.